The molecule has 154 valence electrons. The Kier molecular flexibility index (Phi) is 6.14. The van der Waals surface area contributed by atoms with E-state index < -0.39 is 15.9 Å². The second-order valence-electron chi connectivity index (χ2n) is 6.26. The highest BCUT2D eigenvalue weighted by Crippen LogP contribution is 2.20. The van der Waals surface area contributed by atoms with Gasteiger partial charge in [0.2, 0.25) is 10.0 Å². The molecule has 0 aliphatic heterocycles. The first-order valence-corrected chi connectivity index (χ1v) is 10.3. The Labute approximate surface area is 173 Å². The van der Waals surface area contributed by atoms with Crippen LogP contribution in [0.1, 0.15) is 20.7 Å². The number of rotatable bonds is 6. The van der Waals surface area contributed by atoms with E-state index in [1.165, 1.54) is 37.4 Å². The van der Waals surface area contributed by atoms with Crippen LogP contribution in [0.2, 0.25) is 0 Å². The van der Waals surface area contributed by atoms with E-state index >= 15 is 0 Å². The van der Waals surface area contributed by atoms with Crippen molar-refractivity contribution in [1.29, 1.82) is 0 Å². The van der Waals surface area contributed by atoms with Gasteiger partial charge in [0.15, 0.2) is 0 Å². The molecule has 30 heavy (non-hydrogen) atoms. The number of amides is 2. The first-order valence-electron chi connectivity index (χ1n) is 8.76. The molecule has 2 amide bonds. The third kappa shape index (κ3) is 5.02. The molecule has 0 saturated heterocycles. The maximum Gasteiger partial charge on any atom is 0.259 e. The minimum absolute atomic E-state index is 0.102. The quantitative estimate of drug-likeness (QED) is 0.560. The summed E-state index contributed by atoms with van der Waals surface area (Å²) in [6.07, 6.45) is 0. The predicted octanol–water partition coefficient (Wildman–Crippen LogP) is 2.85. The molecule has 4 N–H and O–H groups in total. The molecule has 0 aliphatic rings. The molecule has 0 spiro atoms. The van der Waals surface area contributed by atoms with Crippen molar-refractivity contribution in [3.63, 3.8) is 0 Å². The van der Waals surface area contributed by atoms with E-state index in [0.717, 1.165) is 0 Å². The van der Waals surface area contributed by atoms with Crippen LogP contribution in [-0.4, -0.2) is 27.3 Å². The van der Waals surface area contributed by atoms with Crippen molar-refractivity contribution in [2.24, 2.45) is 5.14 Å². The third-order valence-electron chi connectivity index (χ3n) is 4.18. The molecule has 0 saturated carbocycles. The van der Waals surface area contributed by atoms with E-state index in [1.54, 1.807) is 42.5 Å². The molecule has 0 heterocycles. The Morgan fingerprint density at radius 1 is 0.833 bits per heavy atom. The third-order valence-corrected chi connectivity index (χ3v) is 5.09. The summed E-state index contributed by atoms with van der Waals surface area (Å²) in [6.45, 7) is 0. The van der Waals surface area contributed by atoms with Crippen LogP contribution >= 0.6 is 0 Å². The summed E-state index contributed by atoms with van der Waals surface area (Å²) in [7, 11) is -2.39. The molecule has 0 bridgehead atoms. The Morgan fingerprint density at radius 2 is 1.50 bits per heavy atom. The largest absolute Gasteiger partial charge is 0.496 e. The Bertz CT molecular complexity index is 1190. The van der Waals surface area contributed by atoms with E-state index in [0.29, 0.717) is 28.3 Å². The van der Waals surface area contributed by atoms with Crippen LogP contribution in [0.4, 0.5) is 11.4 Å². The molecule has 0 fully saturated rings. The summed E-state index contributed by atoms with van der Waals surface area (Å²) in [5.74, 6) is -0.332. The first-order chi connectivity index (χ1) is 14.3. The van der Waals surface area contributed by atoms with Crippen molar-refractivity contribution < 1.29 is 22.7 Å². The van der Waals surface area contributed by atoms with Gasteiger partial charge in [-0.25, -0.2) is 13.6 Å². The number of carbonyl (C=O) groups excluding carboxylic acids is 2. The van der Waals surface area contributed by atoms with E-state index in [-0.39, 0.29) is 10.8 Å². The summed E-state index contributed by atoms with van der Waals surface area (Å²) < 4.78 is 28.0. The zero-order valence-electron chi connectivity index (χ0n) is 16.0. The number of ether oxygens (including phenoxy) is 1. The number of para-hydroxylation sites is 1. The van der Waals surface area contributed by atoms with Crippen LogP contribution in [-0.2, 0) is 10.0 Å². The highest BCUT2D eigenvalue weighted by atomic mass is 32.2. The van der Waals surface area contributed by atoms with Crippen molar-refractivity contribution in [3.8, 4) is 5.75 Å². The standard InChI is InChI=1S/C21H19N3O5S/c1-29-19-8-3-2-7-18(19)21(26)23-15-11-9-14(10-12-15)20(25)24-16-5-4-6-17(13-16)30(22,27)28/h2-13H,1H3,(H,23,26)(H,24,25)(H2,22,27,28). The molecule has 8 nitrogen and oxygen atoms in total. The molecule has 3 aromatic carbocycles. The molecular weight excluding hydrogens is 406 g/mol. The fourth-order valence-electron chi connectivity index (χ4n) is 2.69. The minimum Gasteiger partial charge on any atom is -0.496 e. The summed E-state index contributed by atoms with van der Waals surface area (Å²) in [6, 6.07) is 18.7. The van der Waals surface area contributed by atoms with Crippen LogP contribution in [0.3, 0.4) is 0 Å². The predicted molar refractivity (Wildman–Crippen MR) is 113 cm³/mol. The van der Waals surface area contributed by atoms with Gasteiger partial charge in [0.05, 0.1) is 17.6 Å². The Hall–Kier alpha value is -3.69. The molecule has 9 heteroatoms. The summed E-state index contributed by atoms with van der Waals surface area (Å²) >= 11 is 0. The summed E-state index contributed by atoms with van der Waals surface area (Å²) in [5.41, 5.74) is 1.50. The lowest BCUT2D eigenvalue weighted by Gasteiger charge is -2.10. The van der Waals surface area contributed by atoms with Gasteiger partial charge < -0.3 is 15.4 Å². The summed E-state index contributed by atoms with van der Waals surface area (Å²) in [5, 5.41) is 10.5. The summed E-state index contributed by atoms with van der Waals surface area (Å²) in [4.78, 5) is 24.8. The number of hydrogen-bond acceptors (Lipinski definition) is 5. The van der Waals surface area contributed by atoms with Crippen molar-refractivity contribution in [3.05, 3.63) is 83.9 Å². The van der Waals surface area contributed by atoms with Crippen molar-refractivity contribution >= 4 is 33.2 Å². The van der Waals surface area contributed by atoms with E-state index in [9.17, 15) is 18.0 Å². The highest BCUT2D eigenvalue weighted by molar-refractivity contribution is 7.89. The smallest absolute Gasteiger partial charge is 0.259 e. The number of nitrogens with one attached hydrogen (secondary N) is 2. The topological polar surface area (TPSA) is 128 Å². The zero-order chi connectivity index (χ0) is 21.7. The van der Waals surface area contributed by atoms with Gasteiger partial charge >= 0.3 is 0 Å². The van der Waals surface area contributed by atoms with Crippen LogP contribution in [0.15, 0.2) is 77.7 Å². The molecule has 3 aromatic rings. The number of anilines is 2. The SMILES string of the molecule is COc1ccccc1C(=O)Nc1ccc(C(=O)Nc2cccc(S(N)(=O)=O)c2)cc1. The molecule has 0 atom stereocenters. The second-order valence-corrected chi connectivity index (χ2v) is 7.82. The van der Waals surface area contributed by atoms with E-state index in [4.69, 9.17) is 9.88 Å². The van der Waals surface area contributed by atoms with Gasteiger partial charge in [0.1, 0.15) is 5.75 Å². The van der Waals surface area contributed by atoms with Crippen LogP contribution in [0.5, 0.6) is 5.75 Å². The van der Waals surface area contributed by atoms with Crippen LogP contribution in [0, 0.1) is 0 Å². The lowest BCUT2D eigenvalue weighted by molar-refractivity contribution is 0.101. The van der Waals surface area contributed by atoms with E-state index in [1.807, 2.05) is 0 Å². The molecule has 0 aromatic heterocycles. The minimum atomic E-state index is -3.87. The maximum absolute atomic E-state index is 12.4. The molecule has 0 aliphatic carbocycles. The van der Waals surface area contributed by atoms with Gasteiger partial charge in [-0.1, -0.05) is 18.2 Å². The second kappa shape index (κ2) is 8.76. The van der Waals surface area contributed by atoms with Gasteiger partial charge in [-0.15, -0.1) is 0 Å². The number of primary sulfonamides is 1. The number of carbonyl (C=O) groups is 2. The normalized spacial score (nSPS) is 10.9. The van der Waals surface area contributed by atoms with Gasteiger partial charge in [-0.2, -0.15) is 0 Å². The van der Waals surface area contributed by atoms with Crippen LogP contribution in [0.25, 0.3) is 0 Å². The monoisotopic (exact) mass is 425 g/mol. The van der Waals surface area contributed by atoms with Crippen LogP contribution < -0.4 is 20.5 Å². The first kappa shape index (κ1) is 21.0. The van der Waals surface area contributed by atoms with Crippen molar-refractivity contribution in [2.45, 2.75) is 4.90 Å². The molecule has 0 radical (unpaired) electrons. The number of sulfonamides is 1. The lowest BCUT2D eigenvalue weighted by Crippen LogP contribution is -2.15. The average molecular weight is 425 g/mol. The Morgan fingerprint density at radius 3 is 2.17 bits per heavy atom. The number of benzene rings is 3. The van der Waals surface area contributed by atoms with Gasteiger partial charge in [0, 0.05) is 16.9 Å². The number of nitrogens with two attached hydrogens (primary N) is 1. The average Bonchev–Trinajstić information content (AvgIpc) is 2.73. The van der Waals surface area contributed by atoms with Gasteiger partial charge in [0.25, 0.3) is 11.8 Å². The molecular formula is C21H19N3O5S. The number of hydrogen-bond donors (Lipinski definition) is 3. The number of methoxy groups -OCH3 is 1. The fraction of sp³-hybridized carbons (Fsp3) is 0.0476. The zero-order valence-corrected chi connectivity index (χ0v) is 16.8. The van der Waals surface area contributed by atoms with Gasteiger partial charge in [-0.3, -0.25) is 9.59 Å². The molecule has 0 unspecified atom stereocenters. The van der Waals surface area contributed by atoms with Crippen molar-refractivity contribution in [2.75, 3.05) is 17.7 Å². The lowest BCUT2D eigenvalue weighted by atomic mass is 10.1. The highest BCUT2D eigenvalue weighted by Gasteiger charge is 2.13. The van der Waals surface area contributed by atoms with Gasteiger partial charge in [-0.05, 0) is 54.6 Å². The Balaban J connectivity index is 1.70. The van der Waals surface area contributed by atoms with Crippen molar-refractivity contribution in [1.82, 2.24) is 0 Å². The van der Waals surface area contributed by atoms with E-state index in [2.05, 4.69) is 10.6 Å². The fourth-order valence-corrected chi connectivity index (χ4v) is 3.25. The molecule has 3 rings (SSSR count). The maximum atomic E-state index is 12.4.